The van der Waals surface area contributed by atoms with Gasteiger partial charge in [-0.25, -0.2) is 8.42 Å². The molecule has 1 fully saturated rings. The van der Waals surface area contributed by atoms with Crippen LogP contribution in [0.5, 0.6) is 0 Å². The normalized spacial score (nSPS) is 19.0. The highest BCUT2D eigenvalue weighted by Crippen LogP contribution is 2.28. The minimum absolute atomic E-state index is 0.0570. The first-order valence-electron chi connectivity index (χ1n) is 6.88. The number of rotatable bonds is 4. The lowest BCUT2D eigenvalue weighted by molar-refractivity contribution is 0.103. The molecular formula is C14H16N2O4S. The van der Waals surface area contributed by atoms with Gasteiger partial charge >= 0.3 is 0 Å². The van der Waals surface area contributed by atoms with Crippen molar-refractivity contribution in [3.63, 3.8) is 0 Å². The summed E-state index contributed by atoms with van der Waals surface area (Å²) in [5.74, 6) is 0.890. The average Bonchev–Trinajstić information content (AvgIpc) is 3.18. The summed E-state index contributed by atoms with van der Waals surface area (Å²) in [7, 11) is -3.25. The van der Waals surface area contributed by atoms with Crippen LogP contribution in [0.1, 0.15) is 31.7 Å². The second-order valence-electron chi connectivity index (χ2n) is 4.89. The van der Waals surface area contributed by atoms with Gasteiger partial charge in [-0.3, -0.25) is 0 Å². The van der Waals surface area contributed by atoms with E-state index in [1.54, 1.807) is 31.2 Å². The Morgan fingerprint density at radius 2 is 2.24 bits per heavy atom. The van der Waals surface area contributed by atoms with Crippen LogP contribution in [-0.4, -0.2) is 30.9 Å². The first-order valence-corrected chi connectivity index (χ1v) is 8.54. The molecule has 0 saturated carbocycles. The molecule has 6 nitrogen and oxygen atoms in total. The molecule has 1 saturated heterocycles. The molecule has 0 radical (unpaired) electrons. The monoisotopic (exact) mass is 308 g/mol. The molecule has 1 aliphatic rings. The lowest BCUT2D eigenvalue weighted by Gasteiger charge is -2.02. The number of hydrogen-bond acceptors (Lipinski definition) is 6. The van der Waals surface area contributed by atoms with E-state index in [0.717, 1.165) is 12.8 Å². The number of sulfone groups is 1. The number of ether oxygens (including phenoxy) is 1. The molecule has 21 heavy (non-hydrogen) atoms. The predicted octanol–water partition coefficient (Wildman–Crippen LogP) is 2.38. The molecule has 1 atom stereocenters. The van der Waals surface area contributed by atoms with Crippen LogP contribution >= 0.6 is 0 Å². The van der Waals surface area contributed by atoms with E-state index >= 15 is 0 Å². The standard InChI is InChI=1S/C14H16N2O4S/c1-2-21(17,18)11-6-3-5-10(9-11)14-15-13(16-20-14)12-7-4-8-19-12/h3,5-6,9,12H,2,4,7-8H2,1H3/t12-/m0/s1. The van der Waals surface area contributed by atoms with Crippen LogP contribution in [0.3, 0.4) is 0 Å². The first kappa shape index (κ1) is 14.2. The summed E-state index contributed by atoms with van der Waals surface area (Å²) in [4.78, 5) is 4.58. The van der Waals surface area contributed by atoms with Gasteiger partial charge in [0.05, 0.1) is 10.6 Å². The van der Waals surface area contributed by atoms with E-state index in [1.807, 2.05) is 0 Å². The van der Waals surface area contributed by atoms with E-state index in [9.17, 15) is 8.42 Å². The Kier molecular flexibility index (Phi) is 3.77. The summed E-state index contributed by atoms with van der Waals surface area (Å²) in [6, 6.07) is 6.56. The average molecular weight is 308 g/mol. The van der Waals surface area contributed by atoms with Gasteiger partial charge in [-0.05, 0) is 31.0 Å². The Bertz CT molecular complexity index is 733. The highest BCUT2D eigenvalue weighted by molar-refractivity contribution is 7.91. The van der Waals surface area contributed by atoms with Crippen molar-refractivity contribution in [1.82, 2.24) is 10.1 Å². The molecule has 3 rings (SSSR count). The molecule has 1 aromatic heterocycles. The van der Waals surface area contributed by atoms with Gasteiger partial charge in [-0.15, -0.1) is 0 Å². The summed E-state index contributed by atoms with van der Waals surface area (Å²) >= 11 is 0. The van der Waals surface area contributed by atoms with Gasteiger partial charge < -0.3 is 9.26 Å². The molecule has 112 valence electrons. The molecular weight excluding hydrogens is 292 g/mol. The molecule has 1 aliphatic heterocycles. The van der Waals surface area contributed by atoms with Crippen LogP contribution in [-0.2, 0) is 14.6 Å². The third-order valence-corrected chi connectivity index (χ3v) is 5.21. The van der Waals surface area contributed by atoms with Crippen molar-refractivity contribution in [1.29, 1.82) is 0 Å². The van der Waals surface area contributed by atoms with Gasteiger partial charge in [-0.2, -0.15) is 4.98 Å². The predicted molar refractivity (Wildman–Crippen MR) is 75.4 cm³/mol. The smallest absolute Gasteiger partial charge is 0.258 e. The largest absolute Gasteiger partial charge is 0.370 e. The minimum Gasteiger partial charge on any atom is -0.370 e. The van der Waals surface area contributed by atoms with Crippen LogP contribution in [0, 0.1) is 0 Å². The molecule has 0 unspecified atom stereocenters. The number of benzene rings is 1. The zero-order chi connectivity index (χ0) is 14.9. The molecule has 7 heteroatoms. The number of hydrogen-bond donors (Lipinski definition) is 0. The Morgan fingerprint density at radius 3 is 2.95 bits per heavy atom. The van der Waals surface area contributed by atoms with Gasteiger partial charge in [0, 0.05) is 12.2 Å². The maximum Gasteiger partial charge on any atom is 0.258 e. The lowest BCUT2D eigenvalue weighted by atomic mass is 10.2. The Balaban J connectivity index is 1.92. The van der Waals surface area contributed by atoms with Crippen molar-refractivity contribution < 1.29 is 17.7 Å². The highest BCUT2D eigenvalue weighted by Gasteiger charge is 2.24. The molecule has 0 N–H and O–H groups in total. The summed E-state index contributed by atoms with van der Waals surface area (Å²) in [5.41, 5.74) is 0.598. The van der Waals surface area contributed by atoms with Gasteiger partial charge in [0.2, 0.25) is 5.82 Å². The molecule has 0 spiro atoms. The highest BCUT2D eigenvalue weighted by atomic mass is 32.2. The van der Waals surface area contributed by atoms with Crippen LogP contribution < -0.4 is 0 Å². The van der Waals surface area contributed by atoms with Crippen molar-refractivity contribution in [2.24, 2.45) is 0 Å². The van der Waals surface area contributed by atoms with E-state index < -0.39 is 9.84 Å². The van der Waals surface area contributed by atoms with E-state index in [-0.39, 0.29) is 16.8 Å². The van der Waals surface area contributed by atoms with Crippen LogP contribution in [0.15, 0.2) is 33.7 Å². The van der Waals surface area contributed by atoms with Crippen molar-refractivity contribution >= 4 is 9.84 Å². The molecule has 2 heterocycles. The van der Waals surface area contributed by atoms with E-state index in [4.69, 9.17) is 9.26 Å². The summed E-state index contributed by atoms with van der Waals surface area (Å²) in [5, 5.41) is 3.93. The maximum atomic E-state index is 11.9. The quantitative estimate of drug-likeness (QED) is 0.862. The fourth-order valence-electron chi connectivity index (χ4n) is 2.25. The lowest BCUT2D eigenvalue weighted by Crippen LogP contribution is -2.03. The minimum atomic E-state index is -3.25. The summed E-state index contributed by atoms with van der Waals surface area (Å²) < 4.78 is 34.6. The second kappa shape index (κ2) is 5.57. The van der Waals surface area contributed by atoms with Gasteiger partial charge in [0.15, 0.2) is 9.84 Å². The van der Waals surface area contributed by atoms with E-state index in [1.165, 1.54) is 0 Å². The molecule has 0 aliphatic carbocycles. The van der Waals surface area contributed by atoms with Crippen molar-refractivity contribution in [3.05, 3.63) is 30.1 Å². The molecule has 2 aromatic rings. The summed E-state index contributed by atoms with van der Waals surface area (Å²) in [6.45, 7) is 2.32. The zero-order valence-corrected chi connectivity index (χ0v) is 12.5. The Labute approximate surface area is 123 Å². The van der Waals surface area contributed by atoms with E-state index in [0.29, 0.717) is 23.9 Å². The van der Waals surface area contributed by atoms with Crippen LogP contribution in [0.25, 0.3) is 11.5 Å². The van der Waals surface area contributed by atoms with Crippen LogP contribution in [0.2, 0.25) is 0 Å². The molecule has 1 aromatic carbocycles. The number of aromatic nitrogens is 2. The third-order valence-electron chi connectivity index (χ3n) is 3.48. The van der Waals surface area contributed by atoms with Gasteiger partial charge in [-0.1, -0.05) is 18.1 Å². The van der Waals surface area contributed by atoms with Crippen molar-refractivity contribution in [2.45, 2.75) is 30.8 Å². The first-order chi connectivity index (χ1) is 10.1. The van der Waals surface area contributed by atoms with Crippen molar-refractivity contribution in [2.75, 3.05) is 12.4 Å². The molecule has 0 amide bonds. The van der Waals surface area contributed by atoms with E-state index in [2.05, 4.69) is 10.1 Å². The fourth-order valence-corrected chi connectivity index (χ4v) is 3.18. The third kappa shape index (κ3) is 2.84. The zero-order valence-electron chi connectivity index (χ0n) is 11.7. The number of nitrogens with zero attached hydrogens (tertiary/aromatic N) is 2. The topological polar surface area (TPSA) is 82.3 Å². The van der Waals surface area contributed by atoms with Gasteiger partial charge in [0.25, 0.3) is 5.89 Å². The maximum absolute atomic E-state index is 11.9. The van der Waals surface area contributed by atoms with Gasteiger partial charge in [0.1, 0.15) is 6.10 Å². The van der Waals surface area contributed by atoms with Crippen molar-refractivity contribution in [3.8, 4) is 11.5 Å². The Hall–Kier alpha value is -1.73. The van der Waals surface area contributed by atoms with Crippen LogP contribution in [0.4, 0.5) is 0 Å². The second-order valence-corrected chi connectivity index (χ2v) is 7.17. The molecule has 0 bridgehead atoms. The Morgan fingerprint density at radius 1 is 1.38 bits per heavy atom. The SMILES string of the molecule is CCS(=O)(=O)c1cccc(-c2nc([C@@H]3CCCO3)no2)c1. The fraction of sp³-hybridized carbons (Fsp3) is 0.429. The summed E-state index contributed by atoms with van der Waals surface area (Å²) in [6.07, 6.45) is 1.74.